The molecule has 1 aromatic carbocycles. The van der Waals surface area contributed by atoms with Crippen LogP contribution < -0.4 is 0 Å². The molecule has 7 heteroatoms. The number of nitrogens with zero attached hydrogens (tertiary/aromatic N) is 3. The van der Waals surface area contributed by atoms with Gasteiger partial charge in [0.15, 0.2) is 4.77 Å². The summed E-state index contributed by atoms with van der Waals surface area (Å²) in [6.45, 7) is 5.80. The Morgan fingerprint density at radius 2 is 2.00 bits per heavy atom. The molecule has 2 heterocycles. The number of aromatic amines is 1. The lowest BCUT2D eigenvalue weighted by molar-refractivity contribution is 0.0707. The van der Waals surface area contributed by atoms with Crippen molar-refractivity contribution in [1.82, 2.24) is 19.7 Å². The average Bonchev–Trinajstić information content (AvgIpc) is 2.94. The maximum atomic E-state index is 13.0. The number of hydrogen-bond acceptors (Lipinski definition) is 4. The van der Waals surface area contributed by atoms with E-state index < -0.39 is 0 Å². The Morgan fingerprint density at radius 3 is 2.60 bits per heavy atom. The third kappa shape index (κ3) is 3.98. The molecule has 0 saturated carbocycles. The predicted molar refractivity (Wildman–Crippen MR) is 104 cm³/mol. The molecule has 0 spiro atoms. The first-order chi connectivity index (χ1) is 12.0. The highest BCUT2D eigenvalue weighted by Crippen LogP contribution is 2.30. The zero-order valence-electron chi connectivity index (χ0n) is 14.9. The van der Waals surface area contributed by atoms with Crippen molar-refractivity contribution >= 4 is 29.9 Å². The van der Waals surface area contributed by atoms with Crippen LogP contribution in [-0.2, 0) is 7.05 Å². The summed E-state index contributed by atoms with van der Waals surface area (Å²) in [5.74, 6) is 1.48. The number of benzene rings is 1. The van der Waals surface area contributed by atoms with Gasteiger partial charge in [0.1, 0.15) is 5.82 Å². The molecule has 1 aliphatic heterocycles. The number of aromatic nitrogens is 3. The molecule has 1 fully saturated rings. The summed E-state index contributed by atoms with van der Waals surface area (Å²) in [4.78, 5) is 16.0. The smallest absolute Gasteiger partial charge is 0.254 e. The maximum absolute atomic E-state index is 13.0. The summed E-state index contributed by atoms with van der Waals surface area (Å²) in [5, 5.41) is 7.66. The van der Waals surface area contributed by atoms with Crippen molar-refractivity contribution in [2.45, 2.75) is 42.8 Å². The summed E-state index contributed by atoms with van der Waals surface area (Å²) in [7, 11) is 1.94. The molecule has 1 N–H and O–H groups in total. The van der Waals surface area contributed by atoms with Crippen LogP contribution in [-0.4, -0.2) is 43.9 Å². The maximum Gasteiger partial charge on any atom is 0.254 e. The van der Waals surface area contributed by atoms with Gasteiger partial charge in [0.05, 0.1) is 5.56 Å². The molecule has 3 rings (SSSR count). The fraction of sp³-hybridized carbons (Fsp3) is 0.500. The molecule has 1 aliphatic rings. The molecule has 0 radical (unpaired) electrons. The number of carbonyl (C=O) groups excluding carboxylic acids is 1. The Labute approximate surface area is 157 Å². The van der Waals surface area contributed by atoms with Gasteiger partial charge in [-0.3, -0.25) is 9.89 Å². The van der Waals surface area contributed by atoms with Gasteiger partial charge in [0.25, 0.3) is 5.91 Å². The van der Waals surface area contributed by atoms with Gasteiger partial charge < -0.3 is 9.47 Å². The Hall–Kier alpha value is -1.60. The Bertz CT molecular complexity index is 803. The molecule has 1 aromatic heterocycles. The van der Waals surface area contributed by atoms with Crippen LogP contribution in [0.1, 0.15) is 48.8 Å². The van der Waals surface area contributed by atoms with E-state index in [9.17, 15) is 4.79 Å². The highest BCUT2D eigenvalue weighted by Gasteiger charge is 2.28. The van der Waals surface area contributed by atoms with E-state index in [-0.39, 0.29) is 5.91 Å². The highest BCUT2D eigenvalue weighted by molar-refractivity contribution is 8.00. The third-order valence-corrected chi connectivity index (χ3v) is 5.99. The van der Waals surface area contributed by atoms with Crippen LogP contribution in [0.4, 0.5) is 0 Å². The lowest BCUT2D eigenvalue weighted by atomic mass is 9.95. The summed E-state index contributed by atoms with van der Waals surface area (Å²) < 4.78 is 2.58. The first-order valence-electron chi connectivity index (χ1n) is 8.63. The van der Waals surface area contributed by atoms with Gasteiger partial charge in [-0.2, -0.15) is 5.10 Å². The number of amides is 1. The Kier molecular flexibility index (Phi) is 5.64. The molecule has 5 nitrogen and oxygen atoms in total. The second-order valence-electron chi connectivity index (χ2n) is 6.68. The summed E-state index contributed by atoms with van der Waals surface area (Å²) in [6.07, 6.45) is 1.83. The fourth-order valence-corrected chi connectivity index (χ4v) is 4.32. The monoisotopic (exact) mass is 376 g/mol. The van der Waals surface area contributed by atoms with Gasteiger partial charge in [-0.05, 0) is 37.2 Å². The van der Waals surface area contributed by atoms with Crippen molar-refractivity contribution in [1.29, 1.82) is 0 Å². The van der Waals surface area contributed by atoms with Gasteiger partial charge in [-0.25, -0.2) is 0 Å². The van der Waals surface area contributed by atoms with E-state index in [1.54, 1.807) is 11.8 Å². The lowest BCUT2D eigenvalue weighted by Crippen LogP contribution is -2.38. The molecule has 134 valence electrons. The van der Waals surface area contributed by atoms with Crippen molar-refractivity contribution in [3.8, 4) is 0 Å². The minimum absolute atomic E-state index is 0.137. The van der Waals surface area contributed by atoms with E-state index in [0.29, 0.717) is 15.9 Å². The molecule has 1 amide bonds. The number of likely N-dealkylation sites (tertiary alicyclic amines) is 1. The van der Waals surface area contributed by atoms with Crippen molar-refractivity contribution in [3.05, 3.63) is 40.4 Å². The van der Waals surface area contributed by atoms with E-state index in [1.165, 1.54) is 0 Å². The predicted octanol–water partition coefficient (Wildman–Crippen LogP) is 4.00. The van der Waals surface area contributed by atoms with Crippen LogP contribution in [0.15, 0.2) is 29.2 Å². The van der Waals surface area contributed by atoms with Crippen LogP contribution in [0.5, 0.6) is 0 Å². The summed E-state index contributed by atoms with van der Waals surface area (Å²) >= 11 is 6.94. The largest absolute Gasteiger partial charge is 0.339 e. The van der Waals surface area contributed by atoms with Gasteiger partial charge in [0, 0.05) is 36.2 Å². The van der Waals surface area contributed by atoms with Crippen molar-refractivity contribution in [2.75, 3.05) is 13.1 Å². The summed E-state index contributed by atoms with van der Waals surface area (Å²) in [5.41, 5.74) is 0.817. The molecule has 0 aliphatic carbocycles. The lowest BCUT2D eigenvalue weighted by Gasteiger charge is -2.32. The second-order valence-corrected chi connectivity index (χ2v) is 8.68. The van der Waals surface area contributed by atoms with Crippen molar-refractivity contribution < 1.29 is 4.79 Å². The molecule has 2 aromatic rings. The van der Waals surface area contributed by atoms with Crippen LogP contribution in [0.3, 0.4) is 0 Å². The minimum Gasteiger partial charge on any atom is -0.339 e. The quantitative estimate of drug-likeness (QED) is 0.647. The van der Waals surface area contributed by atoms with E-state index in [2.05, 4.69) is 24.0 Å². The van der Waals surface area contributed by atoms with Gasteiger partial charge in [0.2, 0.25) is 0 Å². The van der Waals surface area contributed by atoms with Gasteiger partial charge in [-0.15, -0.1) is 11.8 Å². The van der Waals surface area contributed by atoms with Gasteiger partial charge >= 0.3 is 0 Å². The molecule has 25 heavy (non-hydrogen) atoms. The van der Waals surface area contributed by atoms with Crippen LogP contribution in [0.2, 0.25) is 0 Å². The first kappa shape index (κ1) is 18.2. The number of hydrogen-bond donors (Lipinski definition) is 1. The molecule has 1 saturated heterocycles. The average molecular weight is 377 g/mol. The standard InChI is InChI=1S/C18H24N4OS2/c1-12(2)25-15-7-5-4-6-14(15)17(23)22-10-8-13(9-11-22)16-19-20-18(24)21(16)3/h4-7,12-13H,8-11H2,1-3H3,(H,20,24). The van der Waals surface area contributed by atoms with Crippen LogP contribution in [0, 0.1) is 4.77 Å². The zero-order valence-corrected chi connectivity index (χ0v) is 16.5. The number of rotatable bonds is 4. The molecule has 0 bridgehead atoms. The number of nitrogens with one attached hydrogen (secondary N) is 1. The second kappa shape index (κ2) is 7.74. The van der Waals surface area contributed by atoms with Crippen LogP contribution in [0.25, 0.3) is 0 Å². The van der Waals surface area contributed by atoms with E-state index in [4.69, 9.17) is 12.2 Å². The number of carbonyl (C=O) groups is 1. The van der Waals surface area contributed by atoms with E-state index in [1.807, 2.05) is 40.8 Å². The molecular weight excluding hydrogens is 352 g/mol. The Morgan fingerprint density at radius 1 is 1.32 bits per heavy atom. The minimum atomic E-state index is 0.137. The molecule has 0 atom stereocenters. The number of H-pyrrole nitrogens is 1. The zero-order chi connectivity index (χ0) is 18.0. The van der Waals surface area contributed by atoms with Gasteiger partial charge in [-0.1, -0.05) is 26.0 Å². The number of thioether (sulfide) groups is 1. The fourth-order valence-electron chi connectivity index (χ4n) is 3.24. The van der Waals surface area contributed by atoms with Crippen LogP contribution >= 0.6 is 24.0 Å². The highest BCUT2D eigenvalue weighted by atomic mass is 32.2. The molecular formula is C18H24N4OS2. The summed E-state index contributed by atoms with van der Waals surface area (Å²) in [6, 6.07) is 7.92. The molecule has 0 unspecified atom stereocenters. The topological polar surface area (TPSA) is 53.9 Å². The normalized spacial score (nSPS) is 15.8. The van der Waals surface area contributed by atoms with Crippen molar-refractivity contribution in [3.63, 3.8) is 0 Å². The Balaban J connectivity index is 1.70. The van der Waals surface area contributed by atoms with Crippen molar-refractivity contribution in [2.24, 2.45) is 7.05 Å². The first-order valence-corrected chi connectivity index (χ1v) is 9.92. The SMILES string of the molecule is CC(C)Sc1ccccc1C(=O)N1CCC(c2n[nH]c(=S)n2C)CC1. The van der Waals surface area contributed by atoms with E-state index in [0.717, 1.165) is 42.2 Å². The number of piperidine rings is 1. The van der Waals surface area contributed by atoms with E-state index >= 15 is 0 Å². The third-order valence-electron chi connectivity index (χ3n) is 4.54.